The van der Waals surface area contributed by atoms with Crippen molar-refractivity contribution >= 4 is 29.1 Å². The van der Waals surface area contributed by atoms with Crippen molar-refractivity contribution in [2.45, 2.75) is 18.9 Å². The lowest BCUT2D eigenvalue weighted by Crippen LogP contribution is -2.44. The highest BCUT2D eigenvalue weighted by atomic mass is 35.5. The van der Waals surface area contributed by atoms with Crippen LogP contribution in [-0.2, 0) is 17.6 Å². The van der Waals surface area contributed by atoms with Gasteiger partial charge >= 0.3 is 0 Å². The van der Waals surface area contributed by atoms with Crippen LogP contribution in [0.5, 0.6) is 11.5 Å². The first kappa shape index (κ1) is 21.4. The fourth-order valence-corrected chi connectivity index (χ4v) is 3.21. The number of carbonyl (C=O) groups excluding carboxylic acids is 1. The van der Waals surface area contributed by atoms with Crippen LogP contribution in [0, 0.1) is 0 Å². The van der Waals surface area contributed by atoms with E-state index in [1.165, 1.54) is 0 Å². The summed E-state index contributed by atoms with van der Waals surface area (Å²) in [6, 6.07) is 10.6. The van der Waals surface area contributed by atoms with Crippen LogP contribution in [0.1, 0.15) is 11.1 Å². The standard InChI is InChI=1S/C20H24Cl2N2O3/c1-23-17(11-14-5-6-15(21)12-16(14)22)20(25)24-9-8-13-4-7-18(26-2)19(10-13)27-3/h4-7,10,12,17,23H,8-9,11H2,1-3H3,(H,24,25). The third-order valence-corrected chi connectivity index (χ3v) is 4.85. The molecule has 27 heavy (non-hydrogen) atoms. The summed E-state index contributed by atoms with van der Waals surface area (Å²) >= 11 is 12.1. The zero-order valence-corrected chi connectivity index (χ0v) is 17.2. The molecule has 0 bridgehead atoms. The van der Waals surface area contributed by atoms with Crippen molar-refractivity contribution in [3.63, 3.8) is 0 Å². The Balaban J connectivity index is 1.91. The summed E-state index contributed by atoms with van der Waals surface area (Å²) < 4.78 is 10.5. The topological polar surface area (TPSA) is 59.6 Å². The van der Waals surface area contributed by atoms with E-state index in [2.05, 4.69) is 10.6 Å². The molecule has 0 spiro atoms. The van der Waals surface area contributed by atoms with Crippen molar-refractivity contribution in [3.8, 4) is 11.5 Å². The average Bonchev–Trinajstić information content (AvgIpc) is 2.67. The number of hydrogen-bond donors (Lipinski definition) is 2. The van der Waals surface area contributed by atoms with Gasteiger partial charge in [-0.05, 0) is 55.3 Å². The van der Waals surface area contributed by atoms with Gasteiger partial charge in [0, 0.05) is 16.6 Å². The Hall–Kier alpha value is -1.95. The summed E-state index contributed by atoms with van der Waals surface area (Å²) in [4.78, 5) is 12.5. The molecule has 7 heteroatoms. The van der Waals surface area contributed by atoms with Gasteiger partial charge in [-0.15, -0.1) is 0 Å². The summed E-state index contributed by atoms with van der Waals surface area (Å²) in [6.45, 7) is 0.515. The zero-order valence-electron chi connectivity index (χ0n) is 15.6. The molecule has 2 N–H and O–H groups in total. The lowest BCUT2D eigenvalue weighted by molar-refractivity contribution is -0.122. The molecule has 1 amide bonds. The maximum atomic E-state index is 12.5. The smallest absolute Gasteiger partial charge is 0.237 e. The molecular weight excluding hydrogens is 387 g/mol. The van der Waals surface area contributed by atoms with Crippen molar-refractivity contribution in [1.29, 1.82) is 0 Å². The number of amides is 1. The van der Waals surface area contributed by atoms with E-state index in [4.69, 9.17) is 32.7 Å². The van der Waals surface area contributed by atoms with E-state index >= 15 is 0 Å². The number of nitrogens with one attached hydrogen (secondary N) is 2. The minimum absolute atomic E-state index is 0.0796. The van der Waals surface area contributed by atoms with Gasteiger partial charge in [0.1, 0.15) is 0 Å². The van der Waals surface area contributed by atoms with Crippen molar-refractivity contribution in [3.05, 3.63) is 57.6 Å². The highest BCUT2D eigenvalue weighted by Gasteiger charge is 2.18. The number of rotatable bonds is 9. The number of carbonyl (C=O) groups is 1. The Morgan fingerprint density at radius 3 is 2.44 bits per heavy atom. The van der Waals surface area contributed by atoms with Gasteiger partial charge in [-0.2, -0.15) is 0 Å². The lowest BCUT2D eigenvalue weighted by atomic mass is 10.1. The second-order valence-corrected chi connectivity index (χ2v) is 6.86. The van der Waals surface area contributed by atoms with Crippen molar-refractivity contribution in [2.75, 3.05) is 27.8 Å². The van der Waals surface area contributed by atoms with E-state index in [-0.39, 0.29) is 11.9 Å². The first-order chi connectivity index (χ1) is 13.0. The van der Waals surface area contributed by atoms with Gasteiger partial charge in [0.25, 0.3) is 0 Å². The fourth-order valence-electron chi connectivity index (χ4n) is 2.72. The van der Waals surface area contributed by atoms with Crippen LogP contribution in [0.4, 0.5) is 0 Å². The molecule has 2 aromatic rings. The van der Waals surface area contributed by atoms with Gasteiger partial charge < -0.3 is 20.1 Å². The van der Waals surface area contributed by atoms with Crippen LogP contribution in [0.15, 0.2) is 36.4 Å². The van der Waals surface area contributed by atoms with Crippen molar-refractivity contribution in [1.82, 2.24) is 10.6 Å². The SMILES string of the molecule is CNC(Cc1ccc(Cl)cc1Cl)C(=O)NCCc1ccc(OC)c(OC)c1. The molecule has 5 nitrogen and oxygen atoms in total. The maximum absolute atomic E-state index is 12.5. The van der Waals surface area contributed by atoms with Crippen molar-refractivity contribution in [2.24, 2.45) is 0 Å². The number of hydrogen-bond acceptors (Lipinski definition) is 4. The normalized spacial score (nSPS) is 11.7. The molecule has 2 aromatic carbocycles. The predicted molar refractivity (Wildman–Crippen MR) is 109 cm³/mol. The molecule has 0 aliphatic carbocycles. The first-order valence-corrected chi connectivity index (χ1v) is 9.34. The van der Waals surface area contributed by atoms with Crippen LogP contribution in [0.2, 0.25) is 10.0 Å². The third-order valence-electron chi connectivity index (χ3n) is 4.26. The highest BCUT2D eigenvalue weighted by molar-refractivity contribution is 6.35. The van der Waals surface area contributed by atoms with E-state index in [9.17, 15) is 4.79 Å². The quantitative estimate of drug-likeness (QED) is 0.663. The molecule has 0 aliphatic heterocycles. The van der Waals surface area contributed by atoms with Crippen LogP contribution >= 0.6 is 23.2 Å². The molecule has 0 radical (unpaired) electrons. The second-order valence-electron chi connectivity index (χ2n) is 6.01. The van der Waals surface area contributed by atoms with E-state index in [0.717, 1.165) is 11.1 Å². The van der Waals surface area contributed by atoms with Crippen LogP contribution in [0.3, 0.4) is 0 Å². The molecular formula is C20H24Cl2N2O3. The molecule has 0 aliphatic rings. The first-order valence-electron chi connectivity index (χ1n) is 8.58. The van der Waals surface area contributed by atoms with E-state index in [0.29, 0.717) is 40.9 Å². The van der Waals surface area contributed by atoms with E-state index in [1.807, 2.05) is 24.3 Å². The molecule has 0 heterocycles. The van der Waals surface area contributed by atoms with Gasteiger partial charge in [0.05, 0.1) is 20.3 Å². The van der Waals surface area contributed by atoms with Gasteiger partial charge in [0.15, 0.2) is 11.5 Å². The highest BCUT2D eigenvalue weighted by Crippen LogP contribution is 2.27. The average molecular weight is 411 g/mol. The van der Waals surface area contributed by atoms with Crippen LogP contribution in [-0.4, -0.2) is 39.8 Å². The van der Waals surface area contributed by atoms with Gasteiger partial charge in [0.2, 0.25) is 5.91 Å². The Bertz CT molecular complexity index is 784. The second kappa shape index (κ2) is 10.4. The number of methoxy groups -OCH3 is 2. The Morgan fingerprint density at radius 1 is 1.07 bits per heavy atom. The number of benzene rings is 2. The third kappa shape index (κ3) is 6.03. The maximum Gasteiger partial charge on any atom is 0.237 e. The Morgan fingerprint density at radius 2 is 1.81 bits per heavy atom. The Labute approximate surface area is 170 Å². The number of halogens is 2. The van der Waals surface area contributed by atoms with E-state index < -0.39 is 0 Å². The molecule has 0 fully saturated rings. The number of likely N-dealkylation sites (N-methyl/N-ethyl adjacent to an activating group) is 1. The molecule has 1 atom stereocenters. The Kier molecular flexibility index (Phi) is 8.23. The lowest BCUT2D eigenvalue weighted by Gasteiger charge is -2.17. The molecule has 146 valence electrons. The largest absolute Gasteiger partial charge is 0.493 e. The molecule has 1 unspecified atom stereocenters. The van der Waals surface area contributed by atoms with Gasteiger partial charge in [-0.1, -0.05) is 35.3 Å². The van der Waals surface area contributed by atoms with Crippen LogP contribution < -0.4 is 20.1 Å². The zero-order chi connectivity index (χ0) is 19.8. The van der Waals surface area contributed by atoms with Gasteiger partial charge in [-0.3, -0.25) is 4.79 Å². The minimum atomic E-state index is -0.380. The summed E-state index contributed by atoms with van der Waals surface area (Å²) in [5, 5.41) is 7.12. The molecule has 0 aromatic heterocycles. The fraction of sp³-hybridized carbons (Fsp3) is 0.350. The van der Waals surface area contributed by atoms with E-state index in [1.54, 1.807) is 33.4 Å². The molecule has 2 rings (SSSR count). The predicted octanol–water partition coefficient (Wildman–Crippen LogP) is 3.50. The summed E-state index contributed by atoms with van der Waals surface area (Å²) in [5.74, 6) is 1.27. The summed E-state index contributed by atoms with van der Waals surface area (Å²) in [7, 11) is 4.95. The molecule has 0 saturated heterocycles. The summed E-state index contributed by atoms with van der Waals surface area (Å²) in [5.41, 5.74) is 1.92. The van der Waals surface area contributed by atoms with Crippen LogP contribution in [0.25, 0.3) is 0 Å². The number of ether oxygens (including phenoxy) is 2. The van der Waals surface area contributed by atoms with Gasteiger partial charge in [-0.25, -0.2) is 0 Å². The minimum Gasteiger partial charge on any atom is -0.493 e. The molecule has 0 saturated carbocycles. The summed E-state index contributed by atoms with van der Waals surface area (Å²) in [6.07, 6.45) is 1.17. The monoisotopic (exact) mass is 410 g/mol. The van der Waals surface area contributed by atoms with Crippen molar-refractivity contribution < 1.29 is 14.3 Å².